The Kier molecular flexibility index (Phi) is 5.39. The molecule has 0 aliphatic carbocycles. The van der Waals surface area contributed by atoms with Crippen LogP contribution in [0.4, 0.5) is 5.82 Å². The number of anilines is 1. The minimum atomic E-state index is 0.573. The SMILES string of the molecule is CCn1c(CCC(C)C)cnc(N2CCN(C)CC2)c1=N. The first-order chi connectivity index (χ1) is 10.0. The summed E-state index contributed by atoms with van der Waals surface area (Å²) in [6, 6.07) is 0. The molecule has 0 amide bonds. The van der Waals surface area contributed by atoms with Crippen molar-refractivity contribution in [2.24, 2.45) is 5.92 Å². The van der Waals surface area contributed by atoms with Crippen molar-refractivity contribution in [3.63, 3.8) is 0 Å². The van der Waals surface area contributed by atoms with Crippen LogP contribution in [0.3, 0.4) is 0 Å². The van der Waals surface area contributed by atoms with E-state index in [1.54, 1.807) is 0 Å². The fourth-order valence-electron chi connectivity index (χ4n) is 2.78. The lowest BCUT2D eigenvalue weighted by Gasteiger charge is -2.33. The fourth-order valence-corrected chi connectivity index (χ4v) is 2.78. The predicted molar refractivity (Wildman–Crippen MR) is 86.6 cm³/mol. The lowest BCUT2D eigenvalue weighted by atomic mass is 10.1. The average molecular weight is 291 g/mol. The predicted octanol–water partition coefficient (Wildman–Crippen LogP) is 1.72. The highest BCUT2D eigenvalue weighted by molar-refractivity contribution is 5.36. The summed E-state index contributed by atoms with van der Waals surface area (Å²) in [5.41, 5.74) is 1.76. The van der Waals surface area contributed by atoms with Gasteiger partial charge in [-0.25, -0.2) is 4.98 Å². The molecule has 118 valence electrons. The van der Waals surface area contributed by atoms with E-state index in [2.05, 4.69) is 47.2 Å². The summed E-state index contributed by atoms with van der Waals surface area (Å²) in [4.78, 5) is 9.19. The van der Waals surface area contributed by atoms with Crippen molar-refractivity contribution in [2.45, 2.75) is 40.2 Å². The van der Waals surface area contributed by atoms with Crippen LogP contribution in [-0.4, -0.2) is 47.7 Å². The Morgan fingerprint density at radius 2 is 1.90 bits per heavy atom. The van der Waals surface area contributed by atoms with Gasteiger partial charge in [0.1, 0.15) is 0 Å². The monoisotopic (exact) mass is 291 g/mol. The van der Waals surface area contributed by atoms with E-state index in [9.17, 15) is 0 Å². The van der Waals surface area contributed by atoms with E-state index in [4.69, 9.17) is 5.41 Å². The summed E-state index contributed by atoms with van der Waals surface area (Å²) in [5.74, 6) is 1.53. The highest BCUT2D eigenvalue weighted by atomic mass is 15.3. The quantitative estimate of drug-likeness (QED) is 0.898. The first-order valence-electron chi connectivity index (χ1n) is 8.09. The Bertz CT molecular complexity index is 512. The summed E-state index contributed by atoms with van der Waals surface area (Å²) >= 11 is 0. The molecular formula is C16H29N5. The van der Waals surface area contributed by atoms with Crippen LogP contribution in [0.5, 0.6) is 0 Å². The topological polar surface area (TPSA) is 48.2 Å². The van der Waals surface area contributed by atoms with E-state index >= 15 is 0 Å². The summed E-state index contributed by atoms with van der Waals surface area (Å²) in [7, 11) is 2.15. The number of hydrogen-bond acceptors (Lipinski definition) is 4. The molecule has 2 rings (SSSR count). The maximum Gasteiger partial charge on any atom is 0.171 e. The van der Waals surface area contributed by atoms with Gasteiger partial charge in [0.2, 0.25) is 0 Å². The normalized spacial score (nSPS) is 16.7. The molecule has 0 spiro atoms. The standard InChI is InChI=1S/C16H29N5/c1-5-21-14(7-6-13(2)3)12-18-16(15(21)17)20-10-8-19(4)9-11-20/h12-13,17H,5-11H2,1-4H3. The minimum absolute atomic E-state index is 0.573. The third kappa shape index (κ3) is 3.84. The maximum absolute atomic E-state index is 8.50. The van der Waals surface area contributed by atoms with E-state index in [-0.39, 0.29) is 0 Å². The first kappa shape index (κ1) is 16.0. The van der Waals surface area contributed by atoms with Crippen molar-refractivity contribution in [1.29, 1.82) is 5.41 Å². The molecule has 5 heteroatoms. The van der Waals surface area contributed by atoms with E-state index < -0.39 is 0 Å². The smallest absolute Gasteiger partial charge is 0.171 e. The highest BCUT2D eigenvalue weighted by Crippen LogP contribution is 2.12. The molecule has 21 heavy (non-hydrogen) atoms. The largest absolute Gasteiger partial charge is 0.351 e. The van der Waals surface area contributed by atoms with Crippen molar-refractivity contribution in [3.05, 3.63) is 17.4 Å². The van der Waals surface area contributed by atoms with Gasteiger partial charge in [-0.05, 0) is 32.7 Å². The molecule has 0 unspecified atom stereocenters. The second-order valence-corrected chi connectivity index (χ2v) is 6.39. The van der Waals surface area contributed by atoms with E-state index in [0.717, 1.165) is 51.4 Å². The summed E-state index contributed by atoms with van der Waals surface area (Å²) in [6.07, 6.45) is 4.14. The molecule has 1 aromatic rings. The van der Waals surface area contributed by atoms with Crippen LogP contribution in [0, 0.1) is 11.3 Å². The van der Waals surface area contributed by atoms with Gasteiger partial charge in [-0.3, -0.25) is 5.41 Å². The van der Waals surface area contributed by atoms with Gasteiger partial charge < -0.3 is 14.4 Å². The summed E-state index contributed by atoms with van der Waals surface area (Å²) in [5, 5.41) is 8.50. The Morgan fingerprint density at radius 1 is 1.24 bits per heavy atom. The van der Waals surface area contributed by atoms with Gasteiger partial charge in [-0.15, -0.1) is 0 Å². The third-order valence-electron chi connectivity index (χ3n) is 4.26. The van der Waals surface area contributed by atoms with Gasteiger partial charge in [0.05, 0.1) is 0 Å². The minimum Gasteiger partial charge on any atom is -0.351 e. The Morgan fingerprint density at radius 3 is 2.48 bits per heavy atom. The van der Waals surface area contributed by atoms with Crippen LogP contribution < -0.4 is 10.4 Å². The van der Waals surface area contributed by atoms with Crippen molar-refractivity contribution >= 4 is 5.82 Å². The van der Waals surface area contributed by atoms with Crippen LogP contribution in [0.15, 0.2) is 6.20 Å². The molecule has 1 N–H and O–H groups in total. The fraction of sp³-hybridized carbons (Fsp3) is 0.750. The van der Waals surface area contributed by atoms with Crippen LogP contribution in [0.25, 0.3) is 0 Å². The van der Waals surface area contributed by atoms with Crippen molar-refractivity contribution in [1.82, 2.24) is 14.5 Å². The molecule has 0 bridgehead atoms. The lowest BCUT2D eigenvalue weighted by Crippen LogP contribution is -2.47. The number of hydrogen-bond donors (Lipinski definition) is 1. The first-order valence-corrected chi connectivity index (χ1v) is 8.09. The highest BCUT2D eigenvalue weighted by Gasteiger charge is 2.18. The van der Waals surface area contributed by atoms with Gasteiger partial charge in [-0.1, -0.05) is 13.8 Å². The van der Waals surface area contributed by atoms with Crippen molar-refractivity contribution in [3.8, 4) is 0 Å². The number of nitrogens with one attached hydrogen (secondary N) is 1. The second-order valence-electron chi connectivity index (χ2n) is 6.39. The average Bonchev–Trinajstić information content (AvgIpc) is 2.46. The van der Waals surface area contributed by atoms with Crippen molar-refractivity contribution in [2.75, 3.05) is 38.1 Å². The molecule has 1 aromatic heterocycles. The molecule has 0 saturated carbocycles. The van der Waals surface area contributed by atoms with Gasteiger partial charge in [0.15, 0.2) is 11.3 Å². The van der Waals surface area contributed by atoms with Gasteiger partial charge >= 0.3 is 0 Å². The maximum atomic E-state index is 8.50. The van der Waals surface area contributed by atoms with Gasteiger partial charge in [0.25, 0.3) is 0 Å². The third-order valence-corrected chi connectivity index (χ3v) is 4.26. The number of aryl methyl sites for hydroxylation is 1. The van der Waals surface area contributed by atoms with Crippen LogP contribution in [0.1, 0.15) is 32.9 Å². The summed E-state index contributed by atoms with van der Waals surface area (Å²) < 4.78 is 2.11. The Labute approximate surface area is 128 Å². The number of piperazine rings is 1. The zero-order valence-corrected chi connectivity index (χ0v) is 13.9. The molecule has 0 atom stereocenters. The zero-order chi connectivity index (χ0) is 15.4. The molecule has 1 aliphatic rings. The second kappa shape index (κ2) is 7.07. The van der Waals surface area contributed by atoms with Gasteiger partial charge in [0, 0.05) is 44.6 Å². The van der Waals surface area contributed by atoms with Crippen LogP contribution >= 0.6 is 0 Å². The number of nitrogens with zero attached hydrogens (tertiary/aromatic N) is 4. The van der Waals surface area contributed by atoms with E-state index in [1.165, 1.54) is 5.69 Å². The molecule has 0 aromatic carbocycles. The molecule has 0 radical (unpaired) electrons. The Hall–Kier alpha value is -1.36. The molecule has 5 nitrogen and oxygen atoms in total. The Balaban J connectivity index is 2.22. The molecular weight excluding hydrogens is 262 g/mol. The van der Waals surface area contributed by atoms with Crippen LogP contribution in [-0.2, 0) is 13.0 Å². The van der Waals surface area contributed by atoms with Gasteiger partial charge in [-0.2, -0.15) is 0 Å². The zero-order valence-electron chi connectivity index (χ0n) is 13.9. The van der Waals surface area contributed by atoms with Crippen molar-refractivity contribution < 1.29 is 0 Å². The van der Waals surface area contributed by atoms with E-state index in [1.807, 2.05) is 6.20 Å². The molecule has 1 fully saturated rings. The number of aromatic nitrogens is 2. The number of likely N-dealkylation sites (N-methyl/N-ethyl adjacent to an activating group) is 1. The molecule has 1 aliphatic heterocycles. The summed E-state index contributed by atoms with van der Waals surface area (Å²) in [6.45, 7) is 11.5. The van der Waals surface area contributed by atoms with Crippen LogP contribution in [0.2, 0.25) is 0 Å². The molecule has 2 heterocycles. The lowest BCUT2D eigenvalue weighted by molar-refractivity contribution is 0.311. The number of rotatable bonds is 5. The molecule has 1 saturated heterocycles. The van der Waals surface area contributed by atoms with E-state index in [0.29, 0.717) is 11.4 Å².